The number of aromatic nitrogens is 2. The standard InChI is InChI=1S/C15H14N2O3/c1-8-3-5-10(6-4-8)11-7-9(2)20-14-12(11)13(18)16-15(19)17-14/h3-7,11H,1-2H3,(H2,16,17,18,19). The summed E-state index contributed by atoms with van der Waals surface area (Å²) in [6, 6.07) is 7.94. The zero-order valence-corrected chi connectivity index (χ0v) is 11.2. The van der Waals surface area contributed by atoms with Crippen molar-refractivity contribution in [2.75, 3.05) is 0 Å². The van der Waals surface area contributed by atoms with Crippen molar-refractivity contribution in [1.82, 2.24) is 9.97 Å². The topological polar surface area (TPSA) is 75.0 Å². The Hall–Kier alpha value is -2.56. The van der Waals surface area contributed by atoms with Crippen molar-refractivity contribution in [3.63, 3.8) is 0 Å². The zero-order valence-electron chi connectivity index (χ0n) is 11.2. The fraction of sp³-hybridized carbons (Fsp3) is 0.200. The van der Waals surface area contributed by atoms with Crippen LogP contribution in [0.1, 0.15) is 29.5 Å². The van der Waals surface area contributed by atoms with Crippen LogP contribution < -0.4 is 16.0 Å². The van der Waals surface area contributed by atoms with Gasteiger partial charge in [-0.1, -0.05) is 29.8 Å². The highest BCUT2D eigenvalue weighted by Crippen LogP contribution is 2.34. The molecule has 0 amide bonds. The Morgan fingerprint density at radius 1 is 1.05 bits per heavy atom. The zero-order chi connectivity index (χ0) is 14.3. The molecule has 0 radical (unpaired) electrons. The van der Waals surface area contributed by atoms with E-state index in [0.29, 0.717) is 11.3 Å². The van der Waals surface area contributed by atoms with Crippen LogP contribution in [0.2, 0.25) is 0 Å². The molecule has 5 nitrogen and oxygen atoms in total. The number of aryl methyl sites for hydroxylation is 1. The molecule has 2 heterocycles. The van der Waals surface area contributed by atoms with Gasteiger partial charge in [0.2, 0.25) is 5.88 Å². The van der Waals surface area contributed by atoms with Crippen LogP contribution in [0.4, 0.5) is 0 Å². The lowest BCUT2D eigenvalue weighted by atomic mass is 9.90. The number of nitrogens with one attached hydrogen (secondary N) is 2. The van der Waals surface area contributed by atoms with E-state index in [0.717, 1.165) is 11.1 Å². The molecule has 1 aromatic carbocycles. The molecule has 2 N–H and O–H groups in total. The molecule has 0 bridgehead atoms. The molecule has 1 atom stereocenters. The fourth-order valence-corrected chi connectivity index (χ4v) is 2.39. The lowest BCUT2D eigenvalue weighted by Crippen LogP contribution is -2.30. The summed E-state index contributed by atoms with van der Waals surface area (Å²) in [4.78, 5) is 28.2. The number of ether oxygens (including phenoxy) is 1. The van der Waals surface area contributed by atoms with Crippen LogP contribution >= 0.6 is 0 Å². The molecule has 5 heteroatoms. The number of aromatic amines is 2. The van der Waals surface area contributed by atoms with Crippen molar-refractivity contribution in [3.8, 4) is 5.88 Å². The maximum absolute atomic E-state index is 12.1. The Labute approximate surface area is 114 Å². The molecule has 0 spiro atoms. The van der Waals surface area contributed by atoms with Crippen molar-refractivity contribution in [1.29, 1.82) is 0 Å². The monoisotopic (exact) mass is 270 g/mol. The summed E-state index contributed by atoms with van der Waals surface area (Å²) in [5.74, 6) is 0.661. The van der Waals surface area contributed by atoms with Crippen LogP contribution in [0.25, 0.3) is 0 Å². The van der Waals surface area contributed by atoms with Crippen LogP contribution in [0.5, 0.6) is 5.88 Å². The van der Waals surface area contributed by atoms with Gasteiger partial charge in [0.15, 0.2) is 0 Å². The first kappa shape index (κ1) is 12.5. The third-order valence-electron chi connectivity index (χ3n) is 3.36. The Balaban J connectivity index is 2.22. The predicted octanol–water partition coefficient (Wildman–Crippen LogP) is 1.80. The lowest BCUT2D eigenvalue weighted by molar-refractivity contribution is 0.385. The SMILES string of the molecule is CC1=CC(c2ccc(C)cc2)c2c([nH]c(=O)[nH]c2=O)O1. The number of allylic oxidation sites excluding steroid dienone is 2. The van der Waals surface area contributed by atoms with E-state index in [9.17, 15) is 9.59 Å². The van der Waals surface area contributed by atoms with Gasteiger partial charge in [-0.15, -0.1) is 0 Å². The highest BCUT2D eigenvalue weighted by Gasteiger charge is 2.26. The fourth-order valence-electron chi connectivity index (χ4n) is 2.39. The molecule has 1 aliphatic rings. The molecule has 0 aliphatic carbocycles. The number of benzene rings is 1. The Morgan fingerprint density at radius 3 is 2.45 bits per heavy atom. The Kier molecular flexibility index (Phi) is 2.82. The molecule has 1 aromatic heterocycles. The summed E-state index contributed by atoms with van der Waals surface area (Å²) in [5.41, 5.74) is 1.58. The van der Waals surface area contributed by atoms with E-state index in [4.69, 9.17) is 4.74 Å². The summed E-state index contributed by atoms with van der Waals surface area (Å²) in [6.45, 7) is 3.80. The van der Waals surface area contributed by atoms with Crippen LogP contribution in [-0.4, -0.2) is 9.97 Å². The summed E-state index contributed by atoms with van der Waals surface area (Å²) in [6.07, 6.45) is 1.88. The van der Waals surface area contributed by atoms with Crippen LogP contribution in [0.15, 0.2) is 45.7 Å². The molecule has 2 aromatic rings. The van der Waals surface area contributed by atoms with Gasteiger partial charge in [-0.3, -0.25) is 14.8 Å². The average Bonchev–Trinajstić information content (AvgIpc) is 2.37. The second-order valence-electron chi connectivity index (χ2n) is 4.92. The van der Waals surface area contributed by atoms with E-state index in [-0.39, 0.29) is 11.8 Å². The van der Waals surface area contributed by atoms with Gasteiger partial charge < -0.3 is 4.74 Å². The van der Waals surface area contributed by atoms with Crippen LogP contribution in [0, 0.1) is 6.92 Å². The number of rotatable bonds is 1. The molecular formula is C15H14N2O3. The third kappa shape index (κ3) is 2.07. The van der Waals surface area contributed by atoms with Gasteiger partial charge in [-0.2, -0.15) is 0 Å². The molecular weight excluding hydrogens is 256 g/mol. The lowest BCUT2D eigenvalue weighted by Gasteiger charge is -2.22. The van der Waals surface area contributed by atoms with Crippen molar-refractivity contribution in [2.45, 2.75) is 19.8 Å². The van der Waals surface area contributed by atoms with E-state index >= 15 is 0 Å². The molecule has 0 saturated carbocycles. The first-order chi connectivity index (χ1) is 9.54. The second-order valence-corrected chi connectivity index (χ2v) is 4.92. The number of hydrogen-bond donors (Lipinski definition) is 2. The van der Waals surface area contributed by atoms with Gasteiger partial charge in [0, 0.05) is 5.92 Å². The van der Waals surface area contributed by atoms with E-state index in [2.05, 4.69) is 9.97 Å². The first-order valence-corrected chi connectivity index (χ1v) is 6.34. The highest BCUT2D eigenvalue weighted by atomic mass is 16.5. The van der Waals surface area contributed by atoms with Gasteiger partial charge in [0.05, 0.1) is 11.3 Å². The highest BCUT2D eigenvalue weighted by molar-refractivity contribution is 5.44. The smallest absolute Gasteiger partial charge is 0.328 e. The van der Waals surface area contributed by atoms with E-state index in [1.165, 1.54) is 0 Å². The third-order valence-corrected chi connectivity index (χ3v) is 3.36. The minimum absolute atomic E-state index is 0.222. The largest absolute Gasteiger partial charge is 0.445 e. The van der Waals surface area contributed by atoms with Gasteiger partial charge in [-0.25, -0.2) is 4.79 Å². The molecule has 3 rings (SSSR count). The van der Waals surface area contributed by atoms with Crippen molar-refractivity contribution < 1.29 is 4.74 Å². The van der Waals surface area contributed by atoms with Crippen LogP contribution in [-0.2, 0) is 0 Å². The quantitative estimate of drug-likeness (QED) is 0.829. The molecule has 1 unspecified atom stereocenters. The van der Waals surface area contributed by atoms with Crippen molar-refractivity contribution in [3.05, 3.63) is 73.6 Å². The Bertz CT molecular complexity index is 797. The van der Waals surface area contributed by atoms with E-state index in [1.807, 2.05) is 37.3 Å². The summed E-state index contributed by atoms with van der Waals surface area (Å²) < 4.78 is 5.45. The number of hydrogen-bond acceptors (Lipinski definition) is 3. The van der Waals surface area contributed by atoms with Gasteiger partial charge >= 0.3 is 5.69 Å². The predicted molar refractivity (Wildman–Crippen MR) is 75.1 cm³/mol. The number of H-pyrrole nitrogens is 2. The van der Waals surface area contributed by atoms with Gasteiger partial charge in [0.25, 0.3) is 5.56 Å². The van der Waals surface area contributed by atoms with Crippen LogP contribution in [0.3, 0.4) is 0 Å². The molecule has 102 valence electrons. The summed E-state index contributed by atoms with van der Waals surface area (Å²) in [7, 11) is 0. The minimum Gasteiger partial charge on any atom is -0.445 e. The molecule has 1 aliphatic heterocycles. The summed E-state index contributed by atoms with van der Waals surface area (Å²) in [5, 5.41) is 0. The van der Waals surface area contributed by atoms with Crippen molar-refractivity contribution in [2.24, 2.45) is 0 Å². The molecule has 20 heavy (non-hydrogen) atoms. The minimum atomic E-state index is -0.564. The van der Waals surface area contributed by atoms with Gasteiger partial charge in [0.1, 0.15) is 0 Å². The molecule has 0 fully saturated rings. The normalized spacial score (nSPS) is 17.1. The maximum Gasteiger partial charge on any atom is 0.328 e. The second kappa shape index (κ2) is 4.52. The van der Waals surface area contributed by atoms with E-state index in [1.54, 1.807) is 6.92 Å². The first-order valence-electron chi connectivity index (χ1n) is 6.34. The van der Waals surface area contributed by atoms with Gasteiger partial charge in [-0.05, 0) is 25.5 Å². The summed E-state index contributed by atoms with van der Waals surface area (Å²) >= 11 is 0. The average molecular weight is 270 g/mol. The molecule has 0 saturated heterocycles. The maximum atomic E-state index is 12.1. The number of fused-ring (bicyclic) bond motifs is 1. The Morgan fingerprint density at radius 2 is 1.75 bits per heavy atom. The van der Waals surface area contributed by atoms with Crippen molar-refractivity contribution >= 4 is 0 Å². The van der Waals surface area contributed by atoms with E-state index < -0.39 is 11.2 Å².